The lowest BCUT2D eigenvalue weighted by molar-refractivity contribution is -0.115. The van der Waals surface area contributed by atoms with Crippen molar-refractivity contribution in [2.24, 2.45) is 5.92 Å². The summed E-state index contributed by atoms with van der Waals surface area (Å²) in [6.07, 6.45) is 10.6. The van der Waals surface area contributed by atoms with Gasteiger partial charge >= 0.3 is 0 Å². The van der Waals surface area contributed by atoms with E-state index in [1.165, 1.54) is 0 Å². The topological polar surface area (TPSA) is 32.3 Å². The van der Waals surface area contributed by atoms with Gasteiger partial charge in [0.05, 0.1) is 0 Å². The van der Waals surface area contributed by atoms with Crippen LogP contribution in [0, 0.1) is 5.92 Å². The van der Waals surface area contributed by atoms with E-state index in [-0.39, 0.29) is 11.9 Å². The average Bonchev–Trinajstić information content (AvgIpc) is 3.46. The summed E-state index contributed by atoms with van der Waals surface area (Å²) in [4.78, 5) is 15.0. The van der Waals surface area contributed by atoms with Crippen LogP contribution in [0.1, 0.15) is 31.7 Å². The molecule has 3 unspecified atom stereocenters. The lowest BCUT2D eigenvalue weighted by Gasteiger charge is -2.26. The summed E-state index contributed by atoms with van der Waals surface area (Å²) in [5.41, 5.74) is 2.66. The summed E-state index contributed by atoms with van der Waals surface area (Å²) in [6.45, 7) is 7.67. The first kappa shape index (κ1) is 20.1. The van der Waals surface area contributed by atoms with E-state index >= 15 is 0 Å². The molecule has 1 fully saturated rings. The molecule has 3 atom stereocenters. The molecule has 1 saturated carbocycles. The molecule has 1 aromatic carbocycles. The van der Waals surface area contributed by atoms with E-state index in [4.69, 9.17) is 0 Å². The molecule has 0 radical (unpaired) electrons. The zero-order valence-corrected chi connectivity index (χ0v) is 16.5. The number of amides is 1. The number of benzene rings is 1. The highest BCUT2D eigenvalue weighted by molar-refractivity contribution is 6.20. The van der Waals surface area contributed by atoms with Gasteiger partial charge in [-0.15, -0.1) is 0 Å². The number of hydrogen-bond acceptors (Lipinski definition) is 2. The van der Waals surface area contributed by atoms with Crippen LogP contribution in [0.5, 0.6) is 0 Å². The maximum Gasteiger partial charge on any atom is 0.252 e. The Morgan fingerprint density at radius 2 is 2.14 bits per heavy atom. The Hall–Kier alpha value is -2.62. The highest BCUT2D eigenvalue weighted by atomic mass is 19.1. The van der Waals surface area contributed by atoms with Gasteiger partial charge in [-0.05, 0) is 49.5 Å². The molecule has 0 aromatic heterocycles. The van der Waals surface area contributed by atoms with Gasteiger partial charge in [0, 0.05) is 36.8 Å². The Morgan fingerprint density at radius 3 is 2.79 bits per heavy atom. The van der Waals surface area contributed by atoms with Gasteiger partial charge in [-0.1, -0.05) is 49.1 Å². The summed E-state index contributed by atoms with van der Waals surface area (Å²) in [7, 11) is 0. The zero-order chi connectivity index (χ0) is 19.9. The molecule has 2 aliphatic carbocycles. The number of alkyl halides is 1. The van der Waals surface area contributed by atoms with Crippen molar-refractivity contribution in [1.29, 1.82) is 0 Å². The van der Waals surface area contributed by atoms with Crippen LogP contribution in [0.15, 0.2) is 73.0 Å². The summed E-state index contributed by atoms with van der Waals surface area (Å²) in [6, 6.07) is 9.90. The van der Waals surface area contributed by atoms with Crippen molar-refractivity contribution in [2.75, 3.05) is 13.1 Å². The number of nitrogens with zero attached hydrogens (tertiary/aromatic N) is 1. The first-order chi connectivity index (χ1) is 13.6. The van der Waals surface area contributed by atoms with Crippen molar-refractivity contribution in [3.63, 3.8) is 0 Å². The van der Waals surface area contributed by atoms with Gasteiger partial charge in [0.25, 0.3) is 5.91 Å². The number of rotatable bonds is 9. The van der Waals surface area contributed by atoms with Crippen molar-refractivity contribution in [2.45, 2.75) is 38.4 Å². The molecule has 1 amide bonds. The molecule has 0 aliphatic heterocycles. The predicted octanol–water partition coefficient (Wildman–Crippen LogP) is 4.65. The molecule has 0 heterocycles. The quantitative estimate of drug-likeness (QED) is 0.499. The van der Waals surface area contributed by atoms with Crippen LogP contribution in [0.3, 0.4) is 0 Å². The van der Waals surface area contributed by atoms with Gasteiger partial charge in [-0.3, -0.25) is 4.79 Å². The third kappa shape index (κ3) is 5.22. The van der Waals surface area contributed by atoms with E-state index in [1.54, 1.807) is 18.2 Å². The third-order valence-electron chi connectivity index (χ3n) is 5.40. The Bertz CT molecular complexity index is 781. The monoisotopic (exact) mass is 380 g/mol. The van der Waals surface area contributed by atoms with Crippen LogP contribution in [0.25, 0.3) is 5.57 Å². The molecule has 3 nitrogen and oxygen atoms in total. The summed E-state index contributed by atoms with van der Waals surface area (Å²) in [5, 5.41) is 3.16. The van der Waals surface area contributed by atoms with Crippen LogP contribution in [-0.4, -0.2) is 36.1 Å². The van der Waals surface area contributed by atoms with Gasteiger partial charge in [0.2, 0.25) is 0 Å². The Labute approximate surface area is 167 Å². The molecule has 0 bridgehead atoms. The molecule has 2 aliphatic rings. The minimum absolute atomic E-state index is 0.0437. The number of allylic oxidation sites excluding steroid dienone is 5. The molecule has 1 N–H and O–H groups in total. The van der Waals surface area contributed by atoms with Crippen LogP contribution >= 0.6 is 0 Å². The second-order valence-electron chi connectivity index (χ2n) is 7.37. The van der Waals surface area contributed by atoms with Crippen LogP contribution in [0.4, 0.5) is 4.39 Å². The maximum atomic E-state index is 13.3. The molecular formula is C24H29FN2O. The van der Waals surface area contributed by atoms with Crippen molar-refractivity contribution in [3.8, 4) is 0 Å². The molecular weight excluding hydrogens is 351 g/mol. The van der Waals surface area contributed by atoms with Crippen molar-refractivity contribution in [3.05, 3.63) is 78.6 Å². The molecule has 148 valence electrons. The van der Waals surface area contributed by atoms with Crippen LogP contribution < -0.4 is 5.32 Å². The second kappa shape index (κ2) is 9.54. The van der Waals surface area contributed by atoms with E-state index in [0.29, 0.717) is 17.9 Å². The van der Waals surface area contributed by atoms with Gasteiger partial charge < -0.3 is 10.2 Å². The summed E-state index contributed by atoms with van der Waals surface area (Å²) >= 11 is 0. The summed E-state index contributed by atoms with van der Waals surface area (Å²) < 4.78 is 13.3. The fourth-order valence-corrected chi connectivity index (χ4v) is 3.64. The standard InChI is InChI=1S/C24H29FN2O/c1-3-8-22(18-9-6-5-7-10-18)24(28)26-23-17-19(23)15-16-27(4-2)21-13-11-20(25)12-14-21/h3,5-11,13-14,19-20,23H,1,4,12,15-17H2,2H3,(H,26,28)/b22-8+. The SMILES string of the molecule is C=C/C=C(/C(=O)NC1CC1CCN(CC)C1=CCC(F)C=C1)c1ccccc1. The predicted molar refractivity (Wildman–Crippen MR) is 113 cm³/mol. The fourth-order valence-electron chi connectivity index (χ4n) is 3.64. The van der Waals surface area contributed by atoms with E-state index in [9.17, 15) is 9.18 Å². The lowest BCUT2D eigenvalue weighted by atomic mass is 10.0. The second-order valence-corrected chi connectivity index (χ2v) is 7.37. The number of carbonyl (C=O) groups excluding carboxylic acids is 1. The molecule has 28 heavy (non-hydrogen) atoms. The van der Waals surface area contributed by atoms with Gasteiger partial charge in [-0.2, -0.15) is 0 Å². The van der Waals surface area contributed by atoms with Gasteiger partial charge in [0.15, 0.2) is 0 Å². The molecule has 3 rings (SSSR count). The normalized spacial score (nSPS) is 23.7. The van der Waals surface area contributed by atoms with Crippen LogP contribution in [-0.2, 0) is 4.79 Å². The summed E-state index contributed by atoms with van der Waals surface area (Å²) in [5.74, 6) is 0.457. The number of carbonyl (C=O) groups is 1. The maximum absolute atomic E-state index is 13.3. The van der Waals surface area contributed by atoms with Crippen molar-refractivity contribution >= 4 is 11.5 Å². The molecule has 0 spiro atoms. The highest BCUT2D eigenvalue weighted by Crippen LogP contribution is 2.35. The molecule has 0 saturated heterocycles. The number of halogens is 1. The van der Waals surface area contributed by atoms with Crippen molar-refractivity contribution < 1.29 is 9.18 Å². The van der Waals surface area contributed by atoms with Gasteiger partial charge in [-0.25, -0.2) is 4.39 Å². The van der Waals surface area contributed by atoms with Crippen molar-refractivity contribution in [1.82, 2.24) is 10.2 Å². The van der Waals surface area contributed by atoms with Gasteiger partial charge in [0.1, 0.15) is 6.17 Å². The average molecular weight is 381 g/mol. The molecule has 1 aromatic rings. The third-order valence-corrected chi connectivity index (χ3v) is 5.40. The number of hydrogen-bond donors (Lipinski definition) is 1. The molecule has 4 heteroatoms. The Morgan fingerprint density at radius 1 is 1.36 bits per heavy atom. The minimum atomic E-state index is -0.854. The first-order valence-corrected chi connectivity index (χ1v) is 10.1. The van der Waals surface area contributed by atoms with E-state index in [2.05, 4.69) is 23.7 Å². The van der Waals surface area contributed by atoms with E-state index < -0.39 is 6.17 Å². The zero-order valence-electron chi connectivity index (χ0n) is 16.5. The fraction of sp³-hybridized carbons (Fsp3) is 0.375. The largest absolute Gasteiger partial charge is 0.372 e. The van der Waals surface area contributed by atoms with E-state index in [0.717, 1.165) is 37.2 Å². The smallest absolute Gasteiger partial charge is 0.252 e. The van der Waals surface area contributed by atoms with Crippen LogP contribution in [0.2, 0.25) is 0 Å². The van der Waals surface area contributed by atoms with E-state index in [1.807, 2.05) is 42.5 Å². The number of likely N-dealkylation sites (N-methyl/N-ethyl adjacent to an activating group) is 1. The lowest BCUT2D eigenvalue weighted by Crippen LogP contribution is -2.29. The number of nitrogens with one attached hydrogen (secondary N) is 1. The first-order valence-electron chi connectivity index (χ1n) is 10.1. The highest BCUT2D eigenvalue weighted by Gasteiger charge is 2.38. The Kier molecular flexibility index (Phi) is 6.85. The minimum Gasteiger partial charge on any atom is -0.372 e. The Balaban J connectivity index is 1.50.